The van der Waals surface area contributed by atoms with E-state index in [9.17, 15) is 0 Å². The number of hydrogen-bond donors (Lipinski definition) is 2. The molecular formula is C17H32N2. The number of rotatable bonds is 4. The Bertz CT molecular complexity index is 254. The van der Waals surface area contributed by atoms with Crippen molar-refractivity contribution >= 4 is 0 Å². The van der Waals surface area contributed by atoms with Gasteiger partial charge in [-0.2, -0.15) is 0 Å². The van der Waals surface area contributed by atoms with E-state index in [1.54, 1.807) is 0 Å². The van der Waals surface area contributed by atoms with E-state index in [1.807, 2.05) is 0 Å². The van der Waals surface area contributed by atoms with E-state index in [0.717, 1.165) is 23.9 Å². The summed E-state index contributed by atoms with van der Waals surface area (Å²) in [6, 6.07) is 1.64. The molecule has 2 N–H and O–H groups in total. The molecule has 3 rings (SSSR count). The molecule has 2 nitrogen and oxygen atoms in total. The quantitative estimate of drug-likeness (QED) is 0.812. The third kappa shape index (κ3) is 3.72. The summed E-state index contributed by atoms with van der Waals surface area (Å²) < 4.78 is 0. The fourth-order valence-electron chi connectivity index (χ4n) is 4.68. The molecule has 0 aromatic carbocycles. The molecule has 0 amide bonds. The maximum Gasteiger partial charge on any atom is 0.0110 e. The molecule has 110 valence electrons. The summed E-state index contributed by atoms with van der Waals surface area (Å²) in [4.78, 5) is 0. The average Bonchev–Trinajstić information content (AvgIpc) is 2.95. The third-order valence-corrected chi connectivity index (χ3v) is 5.83. The number of nitrogens with one attached hydrogen (secondary N) is 2. The maximum absolute atomic E-state index is 3.96. The van der Waals surface area contributed by atoms with Crippen LogP contribution < -0.4 is 10.6 Å². The summed E-state index contributed by atoms with van der Waals surface area (Å²) in [6.07, 6.45) is 16.0. The van der Waals surface area contributed by atoms with Gasteiger partial charge in [0.15, 0.2) is 0 Å². The van der Waals surface area contributed by atoms with Crippen LogP contribution in [-0.2, 0) is 0 Å². The minimum atomic E-state index is 0.817. The van der Waals surface area contributed by atoms with E-state index in [0.29, 0.717) is 0 Å². The molecular weight excluding hydrogens is 232 g/mol. The summed E-state index contributed by atoms with van der Waals surface area (Å²) in [5.41, 5.74) is 0. The van der Waals surface area contributed by atoms with Crippen molar-refractivity contribution in [1.29, 1.82) is 0 Å². The summed E-state index contributed by atoms with van der Waals surface area (Å²) in [6.45, 7) is 2.56. The molecule has 0 spiro atoms. The minimum absolute atomic E-state index is 0.817. The van der Waals surface area contributed by atoms with Crippen molar-refractivity contribution in [3.05, 3.63) is 0 Å². The first kappa shape index (κ1) is 13.9. The highest BCUT2D eigenvalue weighted by Crippen LogP contribution is 2.32. The zero-order chi connectivity index (χ0) is 12.9. The van der Waals surface area contributed by atoms with E-state index < -0.39 is 0 Å². The van der Waals surface area contributed by atoms with Crippen LogP contribution in [0.4, 0.5) is 0 Å². The monoisotopic (exact) mass is 264 g/mol. The molecule has 0 aromatic heterocycles. The predicted molar refractivity (Wildman–Crippen MR) is 81.3 cm³/mol. The van der Waals surface area contributed by atoms with Crippen molar-refractivity contribution in [1.82, 2.24) is 10.6 Å². The highest BCUT2D eigenvalue weighted by atomic mass is 15.0. The topological polar surface area (TPSA) is 24.1 Å². The van der Waals surface area contributed by atoms with Crippen molar-refractivity contribution in [2.75, 3.05) is 13.1 Å². The molecule has 2 saturated carbocycles. The summed E-state index contributed by atoms with van der Waals surface area (Å²) in [5, 5.41) is 7.75. The second-order valence-corrected chi connectivity index (χ2v) is 7.17. The first-order valence-corrected chi connectivity index (χ1v) is 8.90. The predicted octanol–water partition coefficient (Wildman–Crippen LogP) is 3.47. The van der Waals surface area contributed by atoms with Crippen LogP contribution in [0.15, 0.2) is 0 Å². The first-order valence-electron chi connectivity index (χ1n) is 8.90. The van der Waals surface area contributed by atoms with Crippen LogP contribution in [0.1, 0.15) is 70.6 Å². The van der Waals surface area contributed by atoms with Gasteiger partial charge in [-0.15, -0.1) is 0 Å². The van der Waals surface area contributed by atoms with Crippen LogP contribution in [0.5, 0.6) is 0 Å². The summed E-state index contributed by atoms with van der Waals surface area (Å²) in [5.74, 6) is 1.90. The second kappa shape index (κ2) is 7.08. The smallest absolute Gasteiger partial charge is 0.0110 e. The lowest BCUT2D eigenvalue weighted by molar-refractivity contribution is 0.242. The van der Waals surface area contributed by atoms with E-state index in [1.165, 1.54) is 83.7 Å². The van der Waals surface area contributed by atoms with Gasteiger partial charge in [-0.05, 0) is 63.5 Å². The average molecular weight is 264 g/mol. The molecule has 2 aliphatic carbocycles. The van der Waals surface area contributed by atoms with Gasteiger partial charge in [0.2, 0.25) is 0 Å². The lowest BCUT2D eigenvalue weighted by Gasteiger charge is -2.34. The van der Waals surface area contributed by atoms with E-state index >= 15 is 0 Å². The van der Waals surface area contributed by atoms with Crippen molar-refractivity contribution in [3.8, 4) is 0 Å². The van der Waals surface area contributed by atoms with Gasteiger partial charge in [-0.25, -0.2) is 0 Å². The Morgan fingerprint density at radius 2 is 1.63 bits per heavy atom. The Kier molecular flexibility index (Phi) is 5.17. The second-order valence-electron chi connectivity index (χ2n) is 7.17. The lowest BCUT2D eigenvalue weighted by atomic mass is 9.86. The Morgan fingerprint density at radius 1 is 0.789 bits per heavy atom. The van der Waals surface area contributed by atoms with E-state index in [4.69, 9.17) is 0 Å². The van der Waals surface area contributed by atoms with Crippen LogP contribution in [0.25, 0.3) is 0 Å². The lowest BCUT2D eigenvalue weighted by Crippen LogP contribution is -2.47. The van der Waals surface area contributed by atoms with Crippen molar-refractivity contribution in [3.63, 3.8) is 0 Å². The molecule has 3 aliphatic rings. The SMILES string of the molecule is C1CCC(CNC2CCCC2C2CCCCN2)CC1. The van der Waals surface area contributed by atoms with Crippen molar-refractivity contribution in [2.24, 2.45) is 11.8 Å². The first-order chi connectivity index (χ1) is 9.43. The largest absolute Gasteiger partial charge is 0.314 e. The molecule has 3 unspecified atom stereocenters. The molecule has 1 saturated heterocycles. The van der Waals surface area contributed by atoms with Crippen molar-refractivity contribution < 1.29 is 0 Å². The maximum atomic E-state index is 3.96. The van der Waals surface area contributed by atoms with Crippen LogP contribution in [0.3, 0.4) is 0 Å². The van der Waals surface area contributed by atoms with Crippen LogP contribution in [0.2, 0.25) is 0 Å². The Balaban J connectivity index is 1.45. The molecule has 3 atom stereocenters. The molecule has 1 aliphatic heterocycles. The van der Waals surface area contributed by atoms with Crippen LogP contribution in [0, 0.1) is 11.8 Å². The van der Waals surface area contributed by atoms with Gasteiger partial charge >= 0.3 is 0 Å². The number of piperidine rings is 1. The van der Waals surface area contributed by atoms with Crippen LogP contribution >= 0.6 is 0 Å². The van der Waals surface area contributed by atoms with E-state index in [2.05, 4.69) is 10.6 Å². The van der Waals surface area contributed by atoms with Gasteiger partial charge in [0, 0.05) is 12.1 Å². The minimum Gasteiger partial charge on any atom is -0.314 e. The fourth-order valence-corrected chi connectivity index (χ4v) is 4.68. The normalized spacial score (nSPS) is 37.6. The highest BCUT2D eigenvalue weighted by molar-refractivity contribution is 4.92. The van der Waals surface area contributed by atoms with Gasteiger partial charge in [-0.3, -0.25) is 0 Å². The number of hydrogen-bond acceptors (Lipinski definition) is 2. The summed E-state index contributed by atoms with van der Waals surface area (Å²) in [7, 11) is 0. The highest BCUT2D eigenvalue weighted by Gasteiger charge is 2.34. The Labute approximate surface area is 119 Å². The molecule has 3 fully saturated rings. The standard InChI is InChI=1S/C17H32N2/c1-2-7-14(8-3-1)13-19-17-11-6-9-15(17)16-10-4-5-12-18-16/h14-19H,1-13H2. The van der Waals surface area contributed by atoms with Gasteiger partial charge in [0.1, 0.15) is 0 Å². The molecule has 1 heterocycles. The van der Waals surface area contributed by atoms with Crippen molar-refractivity contribution in [2.45, 2.75) is 82.7 Å². The van der Waals surface area contributed by atoms with Gasteiger partial charge in [0.25, 0.3) is 0 Å². The molecule has 0 radical (unpaired) electrons. The van der Waals surface area contributed by atoms with Gasteiger partial charge in [-0.1, -0.05) is 32.1 Å². The van der Waals surface area contributed by atoms with Gasteiger partial charge in [0.05, 0.1) is 0 Å². The third-order valence-electron chi connectivity index (χ3n) is 5.83. The van der Waals surface area contributed by atoms with Gasteiger partial charge < -0.3 is 10.6 Å². The zero-order valence-corrected chi connectivity index (χ0v) is 12.5. The molecule has 0 bridgehead atoms. The molecule has 2 heteroatoms. The Hall–Kier alpha value is -0.0800. The summed E-state index contributed by atoms with van der Waals surface area (Å²) >= 11 is 0. The Morgan fingerprint density at radius 3 is 2.42 bits per heavy atom. The molecule has 19 heavy (non-hydrogen) atoms. The van der Waals surface area contributed by atoms with E-state index in [-0.39, 0.29) is 0 Å². The zero-order valence-electron chi connectivity index (χ0n) is 12.5. The molecule has 0 aromatic rings. The van der Waals surface area contributed by atoms with Crippen LogP contribution in [-0.4, -0.2) is 25.2 Å². The fraction of sp³-hybridized carbons (Fsp3) is 1.00.